The van der Waals surface area contributed by atoms with Gasteiger partial charge < -0.3 is 19.5 Å². The Morgan fingerprint density at radius 3 is 2.27 bits per heavy atom. The standard InChI is InChI=1S/C24H20N2O7/c1-31-23(29)17-11-18(24(30)32-2)13-19(12-17)26-20(27)14-33-21(28)9-8-16-6-3-5-15-7-4-10-25-22(15)16/h3-13H,14H2,1-2H3,(H,26,27). The van der Waals surface area contributed by atoms with Crippen LogP contribution < -0.4 is 5.32 Å². The number of hydrogen-bond acceptors (Lipinski definition) is 8. The van der Waals surface area contributed by atoms with Crippen molar-refractivity contribution in [2.75, 3.05) is 26.1 Å². The van der Waals surface area contributed by atoms with Gasteiger partial charge in [0.15, 0.2) is 6.61 Å². The van der Waals surface area contributed by atoms with Gasteiger partial charge in [-0.15, -0.1) is 0 Å². The molecule has 0 fully saturated rings. The minimum atomic E-state index is -0.725. The van der Waals surface area contributed by atoms with Crippen LogP contribution in [0.1, 0.15) is 26.3 Å². The Kier molecular flexibility index (Phi) is 7.48. The number of carbonyl (C=O) groups excluding carboxylic acids is 4. The Balaban J connectivity index is 1.64. The molecule has 1 amide bonds. The van der Waals surface area contributed by atoms with Crippen molar-refractivity contribution in [2.45, 2.75) is 0 Å². The summed E-state index contributed by atoms with van der Waals surface area (Å²) in [6.45, 7) is -0.576. The lowest BCUT2D eigenvalue weighted by atomic mass is 10.1. The molecule has 0 aliphatic rings. The third-order valence-corrected chi connectivity index (χ3v) is 4.47. The summed E-state index contributed by atoms with van der Waals surface area (Å²) in [5.41, 5.74) is 1.67. The average Bonchev–Trinajstić information content (AvgIpc) is 2.84. The first-order valence-corrected chi connectivity index (χ1v) is 9.71. The zero-order valence-corrected chi connectivity index (χ0v) is 17.9. The Bertz CT molecular complexity index is 1210. The number of nitrogens with zero attached hydrogens (tertiary/aromatic N) is 1. The number of rotatable bonds is 7. The van der Waals surface area contributed by atoms with Crippen molar-refractivity contribution in [3.05, 3.63) is 77.5 Å². The van der Waals surface area contributed by atoms with Crippen LogP contribution in [0.25, 0.3) is 17.0 Å². The lowest BCUT2D eigenvalue weighted by molar-refractivity contribution is -0.142. The second-order valence-electron chi connectivity index (χ2n) is 6.69. The molecule has 1 aromatic heterocycles. The van der Waals surface area contributed by atoms with Gasteiger partial charge in [-0.3, -0.25) is 9.78 Å². The molecule has 1 N–H and O–H groups in total. The molecule has 1 heterocycles. The van der Waals surface area contributed by atoms with E-state index in [2.05, 4.69) is 19.8 Å². The van der Waals surface area contributed by atoms with E-state index >= 15 is 0 Å². The fourth-order valence-electron chi connectivity index (χ4n) is 2.97. The molecule has 0 bridgehead atoms. The number of benzene rings is 2. The molecular weight excluding hydrogens is 428 g/mol. The first-order valence-electron chi connectivity index (χ1n) is 9.71. The maximum absolute atomic E-state index is 12.2. The molecule has 9 heteroatoms. The highest BCUT2D eigenvalue weighted by Gasteiger charge is 2.15. The summed E-state index contributed by atoms with van der Waals surface area (Å²) in [6.07, 6.45) is 4.41. The number of nitrogens with one attached hydrogen (secondary N) is 1. The number of pyridine rings is 1. The number of fused-ring (bicyclic) bond motifs is 1. The summed E-state index contributed by atoms with van der Waals surface area (Å²) in [5, 5.41) is 3.39. The van der Waals surface area contributed by atoms with Gasteiger partial charge in [-0.25, -0.2) is 14.4 Å². The van der Waals surface area contributed by atoms with Crippen molar-refractivity contribution in [3.8, 4) is 0 Å². The Hall–Kier alpha value is -4.53. The summed E-state index contributed by atoms with van der Waals surface area (Å²) >= 11 is 0. The van der Waals surface area contributed by atoms with E-state index in [0.717, 1.165) is 16.5 Å². The lowest BCUT2D eigenvalue weighted by Crippen LogP contribution is -2.20. The Morgan fingerprint density at radius 2 is 1.61 bits per heavy atom. The molecule has 33 heavy (non-hydrogen) atoms. The summed E-state index contributed by atoms with van der Waals surface area (Å²) in [4.78, 5) is 52.2. The number of methoxy groups -OCH3 is 2. The summed E-state index contributed by atoms with van der Waals surface area (Å²) in [7, 11) is 2.37. The average molecular weight is 448 g/mol. The number of carbonyl (C=O) groups is 4. The van der Waals surface area contributed by atoms with Gasteiger partial charge in [-0.2, -0.15) is 0 Å². The minimum absolute atomic E-state index is 0.0410. The van der Waals surface area contributed by atoms with E-state index in [1.54, 1.807) is 18.3 Å². The van der Waals surface area contributed by atoms with Crippen LogP contribution in [-0.4, -0.2) is 49.6 Å². The van der Waals surface area contributed by atoms with Crippen molar-refractivity contribution < 1.29 is 33.4 Å². The zero-order chi connectivity index (χ0) is 23.8. The van der Waals surface area contributed by atoms with Crippen molar-refractivity contribution in [1.29, 1.82) is 0 Å². The van der Waals surface area contributed by atoms with Crippen LogP contribution in [-0.2, 0) is 23.8 Å². The fraction of sp³-hybridized carbons (Fsp3) is 0.125. The monoisotopic (exact) mass is 448 g/mol. The maximum Gasteiger partial charge on any atom is 0.337 e. The largest absolute Gasteiger partial charge is 0.465 e. The number of anilines is 1. The second-order valence-corrected chi connectivity index (χ2v) is 6.69. The first-order chi connectivity index (χ1) is 15.9. The highest BCUT2D eigenvalue weighted by molar-refractivity contribution is 6.00. The van der Waals surface area contributed by atoms with Crippen molar-refractivity contribution in [2.24, 2.45) is 0 Å². The molecule has 168 valence electrons. The molecule has 0 aliphatic heterocycles. The van der Waals surface area contributed by atoms with Crippen molar-refractivity contribution >= 4 is 46.5 Å². The van der Waals surface area contributed by atoms with Crippen LogP contribution in [0.15, 0.2) is 60.8 Å². The Labute approximate surface area is 189 Å². The predicted octanol–water partition coefficient (Wildman–Crippen LogP) is 3.00. The molecule has 9 nitrogen and oxygen atoms in total. The van der Waals surface area contributed by atoms with Crippen LogP contribution in [0, 0.1) is 0 Å². The van der Waals surface area contributed by atoms with E-state index in [9.17, 15) is 19.2 Å². The van der Waals surface area contributed by atoms with E-state index in [1.165, 1.54) is 38.5 Å². The van der Waals surface area contributed by atoms with Gasteiger partial charge in [0.1, 0.15) is 0 Å². The number of ether oxygens (including phenoxy) is 3. The van der Waals surface area contributed by atoms with Crippen LogP contribution in [0.4, 0.5) is 5.69 Å². The topological polar surface area (TPSA) is 121 Å². The quantitative estimate of drug-likeness (QED) is 0.333. The van der Waals surface area contributed by atoms with E-state index in [4.69, 9.17) is 4.74 Å². The van der Waals surface area contributed by atoms with Gasteiger partial charge in [0.05, 0.1) is 30.9 Å². The third-order valence-electron chi connectivity index (χ3n) is 4.47. The zero-order valence-electron chi connectivity index (χ0n) is 17.9. The first kappa shape index (κ1) is 23.1. The molecule has 3 aromatic rings. The van der Waals surface area contributed by atoms with Crippen LogP contribution in [0.2, 0.25) is 0 Å². The molecular formula is C24H20N2O7. The molecule has 0 atom stereocenters. The SMILES string of the molecule is COC(=O)c1cc(NC(=O)COC(=O)C=Cc2cccc3cccnc23)cc(C(=O)OC)c1. The van der Waals surface area contributed by atoms with Gasteiger partial charge in [0.25, 0.3) is 5.91 Å². The third kappa shape index (κ3) is 6.01. The van der Waals surface area contributed by atoms with Gasteiger partial charge in [-0.1, -0.05) is 24.3 Å². The smallest absolute Gasteiger partial charge is 0.337 e. The number of aromatic nitrogens is 1. The second kappa shape index (κ2) is 10.7. The number of amides is 1. The van der Waals surface area contributed by atoms with Gasteiger partial charge in [-0.05, 0) is 30.3 Å². The van der Waals surface area contributed by atoms with Gasteiger partial charge >= 0.3 is 17.9 Å². The van der Waals surface area contributed by atoms with E-state index < -0.39 is 30.4 Å². The van der Waals surface area contributed by atoms with E-state index in [-0.39, 0.29) is 16.8 Å². The molecule has 3 rings (SSSR count). The summed E-state index contributed by atoms with van der Waals surface area (Å²) in [6, 6.07) is 13.2. The summed E-state index contributed by atoms with van der Waals surface area (Å²) in [5.74, 6) is -2.79. The summed E-state index contributed by atoms with van der Waals surface area (Å²) < 4.78 is 14.3. The predicted molar refractivity (Wildman–Crippen MR) is 119 cm³/mol. The highest BCUT2D eigenvalue weighted by Crippen LogP contribution is 2.18. The van der Waals surface area contributed by atoms with Crippen LogP contribution in [0.5, 0.6) is 0 Å². The molecule has 0 saturated heterocycles. The molecule has 0 aliphatic carbocycles. The van der Waals surface area contributed by atoms with Crippen LogP contribution in [0.3, 0.4) is 0 Å². The Morgan fingerprint density at radius 1 is 0.939 bits per heavy atom. The molecule has 0 radical (unpaired) electrons. The number of para-hydroxylation sites is 1. The minimum Gasteiger partial charge on any atom is -0.465 e. The van der Waals surface area contributed by atoms with Crippen LogP contribution >= 0.6 is 0 Å². The number of esters is 3. The molecule has 0 spiro atoms. The maximum atomic E-state index is 12.2. The fourth-order valence-corrected chi connectivity index (χ4v) is 2.97. The number of hydrogen-bond donors (Lipinski definition) is 1. The normalized spacial score (nSPS) is 10.6. The highest BCUT2D eigenvalue weighted by atomic mass is 16.5. The molecule has 2 aromatic carbocycles. The molecule has 0 saturated carbocycles. The van der Waals surface area contributed by atoms with Crippen molar-refractivity contribution in [1.82, 2.24) is 4.98 Å². The lowest BCUT2D eigenvalue weighted by Gasteiger charge is -2.09. The van der Waals surface area contributed by atoms with Crippen molar-refractivity contribution in [3.63, 3.8) is 0 Å². The van der Waals surface area contributed by atoms with E-state index in [0.29, 0.717) is 0 Å². The molecule has 0 unspecified atom stereocenters. The van der Waals surface area contributed by atoms with Gasteiger partial charge in [0.2, 0.25) is 0 Å². The van der Waals surface area contributed by atoms with Gasteiger partial charge in [0, 0.05) is 28.9 Å². The van der Waals surface area contributed by atoms with E-state index in [1.807, 2.05) is 24.3 Å².